The number of amides is 1. The summed E-state index contributed by atoms with van der Waals surface area (Å²) < 4.78 is 19.3. The van der Waals surface area contributed by atoms with Crippen LogP contribution in [0.25, 0.3) is 11.0 Å². The zero-order chi connectivity index (χ0) is 20.4. The second-order valence-electron chi connectivity index (χ2n) is 7.02. The zero-order valence-electron chi connectivity index (χ0n) is 16.4. The molecule has 0 radical (unpaired) electrons. The number of morpholine rings is 1. The Labute approximate surface area is 167 Å². The van der Waals surface area contributed by atoms with Crippen LogP contribution in [-0.4, -0.2) is 47.2 Å². The van der Waals surface area contributed by atoms with Crippen LogP contribution in [0.3, 0.4) is 0 Å². The lowest BCUT2D eigenvalue weighted by molar-refractivity contribution is 0.0940. The van der Waals surface area contributed by atoms with Crippen molar-refractivity contribution in [3.8, 4) is 0 Å². The van der Waals surface area contributed by atoms with Gasteiger partial charge in [0, 0.05) is 30.9 Å². The van der Waals surface area contributed by atoms with Crippen LogP contribution in [0.2, 0.25) is 0 Å². The Hall–Kier alpha value is -3.13. The van der Waals surface area contributed by atoms with Crippen molar-refractivity contribution < 1.29 is 13.9 Å². The topological polar surface area (TPSA) is 80.2 Å². The lowest BCUT2D eigenvalue weighted by Crippen LogP contribution is -2.37. The predicted molar refractivity (Wildman–Crippen MR) is 107 cm³/mol. The number of aryl methyl sites for hydroxylation is 2. The SMILES string of the molecule is Cc1cc(C)c2c(N3CCOCC3)nc(C(=O)NCc3ccccc3F)nc2n1. The van der Waals surface area contributed by atoms with E-state index in [4.69, 9.17) is 4.74 Å². The number of carbonyl (C=O) groups is 1. The number of halogens is 1. The average molecular weight is 395 g/mol. The van der Waals surface area contributed by atoms with Gasteiger partial charge in [-0.1, -0.05) is 18.2 Å². The van der Waals surface area contributed by atoms with E-state index in [9.17, 15) is 9.18 Å². The third kappa shape index (κ3) is 4.02. The van der Waals surface area contributed by atoms with Gasteiger partial charge in [0.15, 0.2) is 5.65 Å². The molecule has 1 aromatic carbocycles. The van der Waals surface area contributed by atoms with Crippen LogP contribution < -0.4 is 10.2 Å². The van der Waals surface area contributed by atoms with Crippen molar-refractivity contribution in [2.45, 2.75) is 20.4 Å². The first-order valence-electron chi connectivity index (χ1n) is 9.53. The first-order chi connectivity index (χ1) is 14.0. The normalized spacial score (nSPS) is 14.2. The first kappa shape index (κ1) is 19.2. The van der Waals surface area contributed by atoms with E-state index >= 15 is 0 Å². The van der Waals surface area contributed by atoms with Gasteiger partial charge in [0.1, 0.15) is 11.6 Å². The second kappa shape index (κ2) is 8.08. The van der Waals surface area contributed by atoms with Crippen LogP contribution in [0.15, 0.2) is 30.3 Å². The van der Waals surface area contributed by atoms with E-state index < -0.39 is 5.91 Å². The maximum atomic E-state index is 13.8. The fourth-order valence-corrected chi connectivity index (χ4v) is 3.46. The van der Waals surface area contributed by atoms with Crippen molar-refractivity contribution in [2.75, 3.05) is 31.2 Å². The van der Waals surface area contributed by atoms with Crippen LogP contribution in [-0.2, 0) is 11.3 Å². The summed E-state index contributed by atoms with van der Waals surface area (Å²) in [5, 5.41) is 3.54. The second-order valence-corrected chi connectivity index (χ2v) is 7.02. The molecule has 7 nitrogen and oxygen atoms in total. The lowest BCUT2D eigenvalue weighted by atomic mass is 10.1. The van der Waals surface area contributed by atoms with E-state index in [1.54, 1.807) is 18.2 Å². The molecule has 1 aliphatic heterocycles. The summed E-state index contributed by atoms with van der Waals surface area (Å²) in [6, 6.07) is 8.30. The average Bonchev–Trinajstić information content (AvgIpc) is 2.72. The number of benzene rings is 1. The number of fused-ring (bicyclic) bond motifs is 1. The molecule has 1 amide bonds. The van der Waals surface area contributed by atoms with Gasteiger partial charge < -0.3 is 15.0 Å². The maximum Gasteiger partial charge on any atom is 0.289 e. The van der Waals surface area contributed by atoms with Crippen LogP contribution in [0.5, 0.6) is 0 Å². The molecule has 0 saturated carbocycles. The molecule has 0 aliphatic carbocycles. The molecule has 4 rings (SSSR count). The monoisotopic (exact) mass is 395 g/mol. The fourth-order valence-electron chi connectivity index (χ4n) is 3.46. The summed E-state index contributed by atoms with van der Waals surface area (Å²) in [5.41, 5.74) is 2.71. The summed E-state index contributed by atoms with van der Waals surface area (Å²) in [4.78, 5) is 28.3. The van der Waals surface area contributed by atoms with E-state index in [1.165, 1.54) is 6.07 Å². The Morgan fingerprint density at radius 2 is 1.93 bits per heavy atom. The smallest absolute Gasteiger partial charge is 0.289 e. The van der Waals surface area contributed by atoms with E-state index in [1.807, 2.05) is 19.9 Å². The molecule has 1 aliphatic rings. The molecule has 3 aromatic rings. The van der Waals surface area contributed by atoms with Crippen LogP contribution in [0.1, 0.15) is 27.4 Å². The third-order valence-corrected chi connectivity index (χ3v) is 4.88. The van der Waals surface area contributed by atoms with E-state index in [2.05, 4.69) is 25.2 Å². The molecule has 0 bridgehead atoms. The first-order valence-corrected chi connectivity index (χ1v) is 9.53. The highest BCUT2D eigenvalue weighted by molar-refractivity contribution is 5.96. The van der Waals surface area contributed by atoms with Gasteiger partial charge in [-0.2, -0.15) is 0 Å². The summed E-state index contributed by atoms with van der Waals surface area (Å²) in [5.74, 6) is -0.132. The molecule has 150 valence electrons. The van der Waals surface area contributed by atoms with Crippen molar-refractivity contribution in [3.05, 3.63) is 58.8 Å². The Bertz CT molecular complexity index is 1070. The van der Waals surface area contributed by atoms with E-state index in [-0.39, 0.29) is 18.2 Å². The van der Waals surface area contributed by atoms with Gasteiger partial charge in [0.2, 0.25) is 5.82 Å². The van der Waals surface area contributed by atoms with Gasteiger partial charge in [0.05, 0.1) is 18.6 Å². The molecule has 0 spiro atoms. The van der Waals surface area contributed by atoms with Crippen molar-refractivity contribution in [1.29, 1.82) is 0 Å². The quantitative estimate of drug-likeness (QED) is 0.731. The third-order valence-electron chi connectivity index (χ3n) is 4.88. The van der Waals surface area contributed by atoms with E-state index in [0.29, 0.717) is 43.3 Å². The number of pyridine rings is 1. The standard InChI is InChI=1S/C21H22FN5O2/c1-13-11-14(2)24-18-17(13)20(27-7-9-29-10-8-27)26-19(25-18)21(28)23-12-15-5-3-4-6-16(15)22/h3-6,11H,7-10,12H2,1-2H3,(H,23,28). The molecular weight excluding hydrogens is 373 g/mol. The van der Waals surface area contributed by atoms with Crippen molar-refractivity contribution in [3.63, 3.8) is 0 Å². The van der Waals surface area contributed by atoms with Crippen molar-refractivity contribution in [2.24, 2.45) is 0 Å². The van der Waals surface area contributed by atoms with Gasteiger partial charge in [-0.3, -0.25) is 4.79 Å². The summed E-state index contributed by atoms with van der Waals surface area (Å²) in [6.07, 6.45) is 0. The molecule has 1 fully saturated rings. The summed E-state index contributed by atoms with van der Waals surface area (Å²) in [6.45, 7) is 6.48. The summed E-state index contributed by atoms with van der Waals surface area (Å²) >= 11 is 0. The maximum absolute atomic E-state index is 13.8. The molecule has 1 N–H and O–H groups in total. The number of nitrogens with one attached hydrogen (secondary N) is 1. The molecule has 3 heterocycles. The van der Waals surface area contributed by atoms with Gasteiger partial charge in [-0.25, -0.2) is 19.3 Å². The molecule has 2 aromatic heterocycles. The highest BCUT2D eigenvalue weighted by Gasteiger charge is 2.22. The molecular formula is C21H22FN5O2. The van der Waals surface area contributed by atoms with Gasteiger partial charge in [-0.05, 0) is 31.5 Å². The number of nitrogens with zero attached hydrogens (tertiary/aromatic N) is 4. The minimum absolute atomic E-state index is 0.0211. The predicted octanol–water partition coefficient (Wildman–Crippen LogP) is 2.55. The number of anilines is 1. The highest BCUT2D eigenvalue weighted by Crippen LogP contribution is 2.27. The summed E-state index contributed by atoms with van der Waals surface area (Å²) in [7, 11) is 0. The van der Waals surface area contributed by atoms with Crippen molar-refractivity contribution >= 4 is 22.8 Å². The molecule has 0 atom stereocenters. The van der Waals surface area contributed by atoms with E-state index in [0.717, 1.165) is 16.6 Å². The molecule has 1 saturated heterocycles. The minimum Gasteiger partial charge on any atom is -0.378 e. The Morgan fingerprint density at radius 1 is 1.17 bits per heavy atom. The van der Waals surface area contributed by atoms with Crippen LogP contribution in [0, 0.1) is 19.7 Å². The number of rotatable bonds is 4. The Kier molecular flexibility index (Phi) is 5.35. The lowest BCUT2D eigenvalue weighted by Gasteiger charge is -2.29. The van der Waals surface area contributed by atoms with Gasteiger partial charge in [-0.15, -0.1) is 0 Å². The van der Waals surface area contributed by atoms with Gasteiger partial charge >= 0.3 is 0 Å². The largest absolute Gasteiger partial charge is 0.378 e. The molecule has 29 heavy (non-hydrogen) atoms. The Morgan fingerprint density at radius 3 is 2.69 bits per heavy atom. The number of carbonyl (C=O) groups excluding carboxylic acids is 1. The van der Waals surface area contributed by atoms with Crippen LogP contribution in [0.4, 0.5) is 10.2 Å². The van der Waals surface area contributed by atoms with Crippen LogP contribution >= 0.6 is 0 Å². The van der Waals surface area contributed by atoms with Gasteiger partial charge in [0.25, 0.3) is 5.91 Å². The fraction of sp³-hybridized carbons (Fsp3) is 0.333. The minimum atomic E-state index is -0.467. The number of aromatic nitrogens is 3. The number of ether oxygens (including phenoxy) is 1. The number of hydrogen-bond donors (Lipinski definition) is 1. The highest BCUT2D eigenvalue weighted by atomic mass is 19.1. The van der Waals surface area contributed by atoms with Crippen molar-refractivity contribution in [1.82, 2.24) is 20.3 Å². The molecule has 0 unspecified atom stereocenters. The zero-order valence-corrected chi connectivity index (χ0v) is 16.4. The Balaban J connectivity index is 1.70. The molecule has 8 heteroatoms. The number of hydrogen-bond acceptors (Lipinski definition) is 6.